The average Bonchev–Trinajstić information content (AvgIpc) is 3.10. The van der Waals surface area contributed by atoms with Gasteiger partial charge >= 0.3 is 0 Å². The molecule has 23 heavy (non-hydrogen) atoms. The van der Waals surface area contributed by atoms with Crippen LogP contribution in [0.2, 0.25) is 5.02 Å². The Kier molecular flexibility index (Phi) is 5.51. The summed E-state index contributed by atoms with van der Waals surface area (Å²) in [5.41, 5.74) is 0.875. The topological polar surface area (TPSA) is 45.2 Å². The van der Waals surface area contributed by atoms with Crippen molar-refractivity contribution in [1.29, 1.82) is 0 Å². The molecule has 1 saturated heterocycles. The van der Waals surface area contributed by atoms with Gasteiger partial charge in [0.15, 0.2) is 5.13 Å². The number of rotatable bonds is 5. The van der Waals surface area contributed by atoms with Gasteiger partial charge in [-0.05, 0) is 30.4 Å². The highest BCUT2D eigenvalue weighted by Crippen LogP contribution is 2.24. The first-order valence-electron chi connectivity index (χ1n) is 7.87. The molecule has 1 amide bonds. The average molecular weight is 350 g/mol. The van der Waals surface area contributed by atoms with E-state index in [1.165, 1.54) is 0 Å². The number of thiazole rings is 1. The number of halogens is 1. The molecule has 122 valence electrons. The van der Waals surface area contributed by atoms with E-state index in [0.717, 1.165) is 36.6 Å². The van der Waals surface area contributed by atoms with E-state index in [-0.39, 0.29) is 5.91 Å². The van der Waals surface area contributed by atoms with Crippen molar-refractivity contribution in [3.63, 3.8) is 0 Å². The molecule has 0 spiro atoms. The van der Waals surface area contributed by atoms with E-state index >= 15 is 0 Å². The summed E-state index contributed by atoms with van der Waals surface area (Å²) < 4.78 is 0. The third-order valence-electron chi connectivity index (χ3n) is 4.11. The van der Waals surface area contributed by atoms with Crippen molar-refractivity contribution in [2.24, 2.45) is 5.92 Å². The van der Waals surface area contributed by atoms with Crippen LogP contribution in [0.3, 0.4) is 0 Å². The Labute approximate surface area is 145 Å². The molecular weight excluding hydrogens is 330 g/mol. The molecule has 1 aromatic carbocycles. The van der Waals surface area contributed by atoms with Gasteiger partial charge in [-0.15, -0.1) is 11.3 Å². The first kappa shape index (κ1) is 16.3. The second-order valence-corrected chi connectivity index (χ2v) is 7.12. The largest absolute Gasteiger partial charge is 0.355 e. The van der Waals surface area contributed by atoms with Gasteiger partial charge in [0.25, 0.3) is 0 Å². The van der Waals surface area contributed by atoms with E-state index in [0.29, 0.717) is 23.9 Å². The molecule has 6 heteroatoms. The number of carbonyl (C=O) groups excluding carboxylic acids is 1. The van der Waals surface area contributed by atoms with Gasteiger partial charge in [-0.1, -0.05) is 29.8 Å². The number of piperidine rings is 1. The molecule has 1 aliphatic rings. The van der Waals surface area contributed by atoms with Crippen LogP contribution in [0.15, 0.2) is 35.8 Å². The van der Waals surface area contributed by atoms with Gasteiger partial charge in [0.05, 0.1) is 6.42 Å². The Hall–Kier alpha value is -1.59. The highest BCUT2D eigenvalue weighted by Gasteiger charge is 2.22. The summed E-state index contributed by atoms with van der Waals surface area (Å²) in [6.07, 6.45) is 4.47. The smallest absolute Gasteiger partial charge is 0.224 e. The zero-order valence-corrected chi connectivity index (χ0v) is 14.4. The Morgan fingerprint density at radius 3 is 3.09 bits per heavy atom. The first-order valence-corrected chi connectivity index (χ1v) is 9.12. The highest BCUT2D eigenvalue weighted by atomic mass is 35.5. The van der Waals surface area contributed by atoms with Crippen molar-refractivity contribution in [3.8, 4) is 0 Å². The van der Waals surface area contributed by atoms with Crippen LogP contribution in [-0.2, 0) is 11.2 Å². The normalized spacial score (nSPS) is 18.0. The fourth-order valence-corrected chi connectivity index (χ4v) is 3.80. The van der Waals surface area contributed by atoms with Gasteiger partial charge < -0.3 is 10.2 Å². The molecule has 1 aromatic heterocycles. The van der Waals surface area contributed by atoms with Crippen molar-refractivity contribution in [3.05, 3.63) is 46.4 Å². The van der Waals surface area contributed by atoms with E-state index in [1.54, 1.807) is 11.3 Å². The lowest BCUT2D eigenvalue weighted by atomic mass is 9.98. The van der Waals surface area contributed by atoms with Gasteiger partial charge in [0.1, 0.15) is 0 Å². The number of nitrogens with one attached hydrogen (secondary N) is 1. The van der Waals surface area contributed by atoms with Crippen LogP contribution in [0.25, 0.3) is 0 Å². The summed E-state index contributed by atoms with van der Waals surface area (Å²) in [5, 5.41) is 6.79. The Balaban J connectivity index is 1.48. The molecule has 0 aliphatic carbocycles. The molecule has 3 rings (SSSR count). The maximum atomic E-state index is 12.1. The van der Waals surface area contributed by atoms with Gasteiger partial charge in [0.2, 0.25) is 5.91 Å². The predicted molar refractivity (Wildman–Crippen MR) is 95.2 cm³/mol. The van der Waals surface area contributed by atoms with Crippen LogP contribution in [-0.4, -0.2) is 30.5 Å². The van der Waals surface area contributed by atoms with Gasteiger partial charge in [0, 0.05) is 36.2 Å². The third-order valence-corrected chi connectivity index (χ3v) is 5.31. The van der Waals surface area contributed by atoms with Crippen molar-refractivity contribution >= 4 is 34.0 Å². The fraction of sp³-hybridized carbons (Fsp3) is 0.412. The molecule has 1 atom stereocenters. The summed E-state index contributed by atoms with van der Waals surface area (Å²) >= 11 is 7.77. The molecule has 1 unspecified atom stereocenters. The van der Waals surface area contributed by atoms with Crippen molar-refractivity contribution in [1.82, 2.24) is 10.3 Å². The molecule has 1 aliphatic heterocycles. The number of nitrogens with zero attached hydrogens (tertiary/aromatic N) is 2. The van der Waals surface area contributed by atoms with E-state index in [9.17, 15) is 4.79 Å². The standard InChI is InChI=1S/C17H20ClN3OS/c18-15-6-2-1-5-14(15)10-16(22)20-11-13-4-3-8-21(12-13)17-19-7-9-23-17/h1-2,5-7,9,13H,3-4,8,10-12H2,(H,20,22). The van der Waals surface area contributed by atoms with E-state index in [2.05, 4.69) is 15.2 Å². The minimum atomic E-state index is 0.0319. The second kappa shape index (κ2) is 7.79. The monoisotopic (exact) mass is 349 g/mol. The van der Waals surface area contributed by atoms with Crippen LogP contribution in [0, 0.1) is 5.92 Å². The molecule has 2 aromatic rings. The van der Waals surface area contributed by atoms with Gasteiger partial charge in [-0.3, -0.25) is 4.79 Å². The van der Waals surface area contributed by atoms with Crippen LogP contribution < -0.4 is 10.2 Å². The second-order valence-electron chi connectivity index (χ2n) is 5.84. The van der Waals surface area contributed by atoms with Crippen LogP contribution in [0.5, 0.6) is 0 Å². The zero-order valence-electron chi connectivity index (χ0n) is 12.9. The summed E-state index contributed by atoms with van der Waals surface area (Å²) in [4.78, 5) is 18.8. The molecule has 1 N–H and O–H groups in total. The molecule has 2 heterocycles. The maximum Gasteiger partial charge on any atom is 0.224 e. The summed E-state index contributed by atoms with van der Waals surface area (Å²) in [5.74, 6) is 0.507. The first-order chi connectivity index (χ1) is 11.2. The summed E-state index contributed by atoms with van der Waals surface area (Å²) in [6.45, 7) is 2.72. The zero-order chi connectivity index (χ0) is 16.1. The lowest BCUT2D eigenvalue weighted by molar-refractivity contribution is -0.120. The molecular formula is C17H20ClN3OS. The third kappa shape index (κ3) is 4.45. The summed E-state index contributed by atoms with van der Waals surface area (Å²) in [7, 11) is 0. The Morgan fingerprint density at radius 2 is 2.30 bits per heavy atom. The number of benzene rings is 1. The molecule has 4 nitrogen and oxygen atoms in total. The highest BCUT2D eigenvalue weighted by molar-refractivity contribution is 7.13. The number of carbonyl (C=O) groups is 1. The number of anilines is 1. The summed E-state index contributed by atoms with van der Waals surface area (Å²) in [6, 6.07) is 7.49. The minimum absolute atomic E-state index is 0.0319. The number of amides is 1. The quantitative estimate of drug-likeness (QED) is 0.900. The van der Waals surface area contributed by atoms with Crippen molar-refractivity contribution in [2.75, 3.05) is 24.5 Å². The SMILES string of the molecule is O=C(Cc1ccccc1Cl)NCC1CCCN(c2nccs2)C1. The molecule has 0 bridgehead atoms. The van der Waals surface area contributed by atoms with Crippen molar-refractivity contribution in [2.45, 2.75) is 19.3 Å². The fourth-order valence-electron chi connectivity index (χ4n) is 2.91. The minimum Gasteiger partial charge on any atom is -0.355 e. The van der Waals surface area contributed by atoms with Gasteiger partial charge in [-0.25, -0.2) is 4.98 Å². The number of hydrogen-bond acceptors (Lipinski definition) is 4. The Bertz CT molecular complexity index is 647. The number of aromatic nitrogens is 1. The predicted octanol–water partition coefficient (Wildman–Crippen LogP) is 3.37. The van der Waals surface area contributed by atoms with Crippen LogP contribution >= 0.6 is 22.9 Å². The van der Waals surface area contributed by atoms with E-state index in [1.807, 2.05) is 35.8 Å². The molecule has 0 radical (unpaired) electrons. The van der Waals surface area contributed by atoms with Crippen LogP contribution in [0.1, 0.15) is 18.4 Å². The van der Waals surface area contributed by atoms with E-state index < -0.39 is 0 Å². The van der Waals surface area contributed by atoms with Crippen molar-refractivity contribution < 1.29 is 4.79 Å². The number of hydrogen-bond donors (Lipinski definition) is 1. The molecule has 1 fully saturated rings. The van der Waals surface area contributed by atoms with Crippen LogP contribution in [0.4, 0.5) is 5.13 Å². The Morgan fingerprint density at radius 1 is 1.43 bits per heavy atom. The van der Waals surface area contributed by atoms with E-state index in [4.69, 9.17) is 11.6 Å². The lowest BCUT2D eigenvalue weighted by Crippen LogP contribution is -2.41. The maximum absolute atomic E-state index is 12.1. The molecule has 0 saturated carbocycles. The lowest BCUT2D eigenvalue weighted by Gasteiger charge is -2.32. The van der Waals surface area contributed by atoms with Gasteiger partial charge in [-0.2, -0.15) is 0 Å².